The molecule has 4 aromatic rings. The Morgan fingerprint density at radius 1 is 0.925 bits per heavy atom. The van der Waals surface area contributed by atoms with E-state index in [0.717, 1.165) is 59.0 Å². The molecule has 40 heavy (non-hydrogen) atoms. The lowest BCUT2D eigenvalue weighted by Gasteiger charge is -2.26. The van der Waals surface area contributed by atoms with Gasteiger partial charge in [-0.25, -0.2) is 4.39 Å². The molecule has 6 heteroatoms. The van der Waals surface area contributed by atoms with E-state index < -0.39 is 0 Å². The Bertz CT molecular complexity index is 1490. The molecule has 2 aromatic heterocycles. The molecule has 1 saturated heterocycles. The number of hydrogen-bond donors (Lipinski definition) is 2. The van der Waals surface area contributed by atoms with Crippen molar-refractivity contribution in [1.82, 2.24) is 14.9 Å². The molecule has 5 rings (SSSR count). The van der Waals surface area contributed by atoms with Crippen LogP contribution >= 0.6 is 0 Å². The van der Waals surface area contributed by atoms with Gasteiger partial charge < -0.3 is 10.6 Å². The molecule has 2 N–H and O–H groups in total. The van der Waals surface area contributed by atoms with Crippen molar-refractivity contribution >= 4 is 16.9 Å². The minimum absolute atomic E-state index is 0.219. The summed E-state index contributed by atoms with van der Waals surface area (Å²) in [5.41, 5.74) is 8.98. The van der Waals surface area contributed by atoms with Crippen LogP contribution in [0.25, 0.3) is 16.7 Å². The highest BCUT2D eigenvalue weighted by atomic mass is 19.1. The minimum Gasteiger partial charge on any atom is -0.388 e. The van der Waals surface area contributed by atoms with Crippen molar-refractivity contribution in [3.63, 3.8) is 0 Å². The Morgan fingerprint density at radius 3 is 2.50 bits per heavy atom. The second-order valence-electron chi connectivity index (χ2n) is 10.3. The van der Waals surface area contributed by atoms with Gasteiger partial charge in [-0.05, 0) is 84.6 Å². The van der Waals surface area contributed by atoms with E-state index in [9.17, 15) is 4.39 Å². The Hall–Kier alpha value is -4.29. The average Bonchev–Trinajstić information content (AvgIpc) is 2.99. The van der Waals surface area contributed by atoms with Crippen LogP contribution in [0.2, 0.25) is 0 Å². The van der Waals surface area contributed by atoms with Crippen LogP contribution in [-0.2, 0) is 13.0 Å². The van der Waals surface area contributed by atoms with Gasteiger partial charge in [0.2, 0.25) is 0 Å². The first-order valence-electron chi connectivity index (χ1n) is 13.8. The standard InChI is InChI=1S/C34H36FN5/c1-24(25(2)39-31-13-12-30(38-22-31)18-28-9-5-6-10-33(28)35)32-19-27(11-14-34(32)36-3)29-17-26(20-37-21-29)23-40-15-7-4-8-16-40/h5-6,9-14,17,19-22,36,39H,1-2,4,7-8,15-16,18,23H2,3H3. The molecule has 0 aliphatic carbocycles. The fourth-order valence-corrected chi connectivity index (χ4v) is 5.15. The third-order valence-corrected chi connectivity index (χ3v) is 7.41. The summed E-state index contributed by atoms with van der Waals surface area (Å²) >= 11 is 0. The number of rotatable bonds is 10. The van der Waals surface area contributed by atoms with Crippen molar-refractivity contribution in [3.05, 3.63) is 126 Å². The van der Waals surface area contributed by atoms with Gasteiger partial charge in [-0.2, -0.15) is 0 Å². The summed E-state index contributed by atoms with van der Waals surface area (Å²) in [5, 5.41) is 6.61. The summed E-state index contributed by atoms with van der Waals surface area (Å²) in [6.07, 6.45) is 9.95. The maximum absolute atomic E-state index is 14.0. The fourth-order valence-electron chi connectivity index (χ4n) is 5.15. The number of pyridine rings is 2. The highest BCUT2D eigenvalue weighted by Crippen LogP contribution is 2.33. The van der Waals surface area contributed by atoms with E-state index in [1.165, 1.54) is 30.9 Å². The third kappa shape index (κ3) is 6.64. The number of allylic oxidation sites excluding steroid dienone is 1. The Kier molecular flexibility index (Phi) is 8.67. The number of aromatic nitrogens is 2. The first kappa shape index (κ1) is 27.3. The molecule has 3 heterocycles. The zero-order valence-corrected chi connectivity index (χ0v) is 23.1. The van der Waals surface area contributed by atoms with Gasteiger partial charge in [-0.1, -0.05) is 43.8 Å². The van der Waals surface area contributed by atoms with Gasteiger partial charge in [0.05, 0.1) is 11.9 Å². The normalized spacial score (nSPS) is 13.6. The fraction of sp³-hybridized carbons (Fsp3) is 0.235. The van der Waals surface area contributed by atoms with E-state index in [0.29, 0.717) is 17.7 Å². The molecule has 0 unspecified atom stereocenters. The van der Waals surface area contributed by atoms with E-state index in [1.54, 1.807) is 18.3 Å². The molecule has 2 aromatic carbocycles. The minimum atomic E-state index is -0.219. The lowest BCUT2D eigenvalue weighted by Crippen LogP contribution is -2.29. The van der Waals surface area contributed by atoms with Gasteiger partial charge in [-0.15, -0.1) is 0 Å². The van der Waals surface area contributed by atoms with Crippen LogP contribution in [-0.4, -0.2) is 35.0 Å². The van der Waals surface area contributed by atoms with Crippen LogP contribution in [0, 0.1) is 5.82 Å². The molecule has 204 valence electrons. The average molecular weight is 534 g/mol. The molecule has 0 amide bonds. The van der Waals surface area contributed by atoms with Crippen molar-refractivity contribution in [2.45, 2.75) is 32.2 Å². The Morgan fingerprint density at radius 2 is 1.75 bits per heavy atom. The van der Waals surface area contributed by atoms with Gasteiger partial charge >= 0.3 is 0 Å². The third-order valence-electron chi connectivity index (χ3n) is 7.41. The number of piperidine rings is 1. The molecule has 0 spiro atoms. The predicted molar refractivity (Wildman–Crippen MR) is 164 cm³/mol. The molecule has 0 radical (unpaired) electrons. The van der Waals surface area contributed by atoms with Crippen LogP contribution in [0.5, 0.6) is 0 Å². The topological polar surface area (TPSA) is 53.1 Å². The lowest BCUT2D eigenvalue weighted by atomic mass is 9.96. The first-order chi connectivity index (χ1) is 19.5. The van der Waals surface area contributed by atoms with Gasteiger partial charge in [0.25, 0.3) is 0 Å². The zero-order chi connectivity index (χ0) is 27.9. The first-order valence-corrected chi connectivity index (χ1v) is 13.8. The van der Waals surface area contributed by atoms with Crippen molar-refractivity contribution in [1.29, 1.82) is 0 Å². The van der Waals surface area contributed by atoms with Crippen LogP contribution in [0.3, 0.4) is 0 Å². The Balaban J connectivity index is 1.29. The summed E-state index contributed by atoms with van der Waals surface area (Å²) in [5.74, 6) is -0.219. The van der Waals surface area contributed by atoms with E-state index in [-0.39, 0.29) is 5.82 Å². The van der Waals surface area contributed by atoms with Crippen LogP contribution in [0.4, 0.5) is 15.8 Å². The number of nitrogens with one attached hydrogen (secondary N) is 2. The van der Waals surface area contributed by atoms with Crippen molar-refractivity contribution < 1.29 is 4.39 Å². The van der Waals surface area contributed by atoms with E-state index in [4.69, 9.17) is 0 Å². The molecule has 1 aliphatic rings. The monoisotopic (exact) mass is 533 g/mol. The molecule has 5 nitrogen and oxygen atoms in total. The summed E-state index contributed by atoms with van der Waals surface area (Å²) in [6.45, 7) is 11.9. The second-order valence-corrected chi connectivity index (χ2v) is 10.3. The predicted octanol–water partition coefficient (Wildman–Crippen LogP) is 7.54. The number of halogens is 1. The number of likely N-dealkylation sites (tertiary alicyclic amines) is 1. The molecule has 0 atom stereocenters. The van der Waals surface area contributed by atoms with E-state index in [1.807, 2.05) is 37.6 Å². The summed E-state index contributed by atoms with van der Waals surface area (Å²) in [4.78, 5) is 11.6. The summed E-state index contributed by atoms with van der Waals surface area (Å²) in [7, 11) is 1.90. The molecule has 1 fully saturated rings. The largest absolute Gasteiger partial charge is 0.388 e. The smallest absolute Gasteiger partial charge is 0.126 e. The molecular weight excluding hydrogens is 497 g/mol. The maximum Gasteiger partial charge on any atom is 0.126 e. The van der Waals surface area contributed by atoms with Crippen molar-refractivity contribution in [3.8, 4) is 11.1 Å². The number of nitrogens with zero attached hydrogens (tertiary/aromatic N) is 3. The summed E-state index contributed by atoms with van der Waals surface area (Å²) in [6, 6.07) is 19.2. The van der Waals surface area contributed by atoms with Gasteiger partial charge in [0, 0.05) is 60.6 Å². The van der Waals surface area contributed by atoms with Crippen molar-refractivity contribution in [2.24, 2.45) is 0 Å². The second kappa shape index (κ2) is 12.7. The van der Waals surface area contributed by atoms with Crippen LogP contribution in [0.15, 0.2) is 98.1 Å². The van der Waals surface area contributed by atoms with Crippen molar-refractivity contribution in [2.75, 3.05) is 30.8 Å². The number of benzene rings is 2. The molecule has 0 saturated carbocycles. The summed E-state index contributed by atoms with van der Waals surface area (Å²) < 4.78 is 14.0. The quantitative estimate of drug-likeness (QED) is 0.206. The van der Waals surface area contributed by atoms with Crippen LogP contribution < -0.4 is 10.6 Å². The Labute approximate surface area is 236 Å². The lowest BCUT2D eigenvalue weighted by molar-refractivity contribution is 0.220. The van der Waals surface area contributed by atoms with E-state index >= 15 is 0 Å². The van der Waals surface area contributed by atoms with Gasteiger partial charge in [0.15, 0.2) is 0 Å². The zero-order valence-electron chi connectivity index (χ0n) is 23.1. The van der Waals surface area contributed by atoms with Crippen LogP contribution in [0.1, 0.15) is 41.6 Å². The van der Waals surface area contributed by atoms with Gasteiger partial charge in [-0.3, -0.25) is 14.9 Å². The van der Waals surface area contributed by atoms with E-state index in [2.05, 4.69) is 62.9 Å². The maximum atomic E-state index is 14.0. The number of anilines is 2. The number of hydrogen-bond acceptors (Lipinski definition) is 5. The SMILES string of the molecule is C=C(Nc1ccc(Cc2ccccc2F)nc1)C(=C)c1cc(-c2cncc(CN3CCCCC3)c2)ccc1NC. The highest BCUT2D eigenvalue weighted by Gasteiger charge is 2.14. The molecule has 1 aliphatic heterocycles. The van der Waals surface area contributed by atoms with Gasteiger partial charge in [0.1, 0.15) is 5.82 Å². The molecule has 0 bridgehead atoms. The molecular formula is C34H36FN5. The highest BCUT2D eigenvalue weighted by molar-refractivity contribution is 5.88.